The fourth-order valence-electron chi connectivity index (χ4n) is 5.15. The molecule has 0 spiro atoms. The van der Waals surface area contributed by atoms with Crippen LogP contribution >= 0.6 is 0 Å². The third kappa shape index (κ3) is 4.03. The number of esters is 1. The summed E-state index contributed by atoms with van der Waals surface area (Å²) in [5.74, 6) is 0.735. The van der Waals surface area contributed by atoms with Crippen molar-refractivity contribution in [2.24, 2.45) is 0 Å². The summed E-state index contributed by atoms with van der Waals surface area (Å²) in [6.45, 7) is 0. The van der Waals surface area contributed by atoms with Crippen LogP contribution in [0.25, 0.3) is 22.3 Å². The zero-order chi connectivity index (χ0) is 25.4. The number of anilines is 1. The maximum absolute atomic E-state index is 12.8. The highest BCUT2D eigenvalue weighted by Crippen LogP contribution is 2.52. The lowest BCUT2D eigenvalue weighted by atomic mass is 9.79. The molecule has 4 nitrogen and oxygen atoms in total. The van der Waals surface area contributed by atoms with Gasteiger partial charge in [0.05, 0.1) is 12.7 Å². The number of fused-ring (bicyclic) bond motifs is 2. The topological polar surface area (TPSA) is 61.5 Å². The Labute approximate surface area is 215 Å². The van der Waals surface area contributed by atoms with Crippen LogP contribution in [0.4, 0.5) is 5.69 Å². The zero-order valence-electron chi connectivity index (χ0n) is 20.3. The van der Waals surface area contributed by atoms with Gasteiger partial charge in [-0.1, -0.05) is 91.0 Å². The van der Waals surface area contributed by atoms with Crippen LogP contribution in [0.5, 0.6) is 11.5 Å². The molecular formula is C33H25NO3. The van der Waals surface area contributed by atoms with Gasteiger partial charge >= 0.3 is 5.97 Å². The first-order valence-corrected chi connectivity index (χ1v) is 12.2. The minimum absolute atomic E-state index is 0.302. The number of carbonyl (C=O) groups excluding carboxylic acids is 1. The van der Waals surface area contributed by atoms with Gasteiger partial charge < -0.3 is 15.2 Å². The summed E-state index contributed by atoms with van der Waals surface area (Å²) in [5, 5.41) is 0. The van der Waals surface area contributed by atoms with Gasteiger partial charge in [0.1, 0.15) is 11.5 Å². The number of hydrogen-bond donors (Lipinski definition) is 1. The van der Waals surface area contributed by atoms with Crippen molar-refractivity contribution in [3.8, 4) is 33.8 Å². The molecular weight excluding hydrogens is 458 g/mol. The molecule has 0 bridgehead atoms. The normalized spacial score (nSPS) is 13.7. The first-order chi connectivity index (χ1) is 18.1. The highest BCUT2D eigenvalue weighted by molar-refractivity contribution is 5.92. The Kier molecular flexibility index (Phi) is 5.70. The van der Waals surface area contributed by atoms with Gasteiger partial charge in [-0.15, -0.1) is 0 Å². The van der Waals surface area contributed by atoms with Crippen LogP contribution in [-0.2, 0) is 4.74 Å². The minimum atomic E-state index is -0.384. The molecule has 0 aromatic heterocycles. The Hall–Kier alpha value is -4.83. The molecule has 1 aliphatic heterocycles. The SMILES string of the molecule is COC(=O)c1ccccc1C1c2ccc(-c3ccccc3)cc2Oc2cc(-c3ccccc3)cc(N)c21. The van der Waals surface area contributed by atoms with E-state index in [1.165, 1.54) is 7.11 Å². The van der Waals surface area contributed by atoms with Gasteiger partial charge in [0.2, 0.25) is 0 Å². The number of nitrogen functional groups attached to an aromatic ring is 1. The van der Waals surface area contributed by atoms with Gasteiger partial charge in [0.15, 0.2) is 0 Å². The molecule has 37 heavy (non-hydrogen) atoms. The Morgan fingerprint density at radius 2 is 1.30 bits per heavy atom. The molecule has 5 aromatic carbocycles. The van der Waals surface area contributed by atoms with Gasteiger partial charge in [-0.3, -0.25) is 0 Å². The van der Waals surface area contributed by atoms with Crippen LogP contribution in [0.1, 0.15) is 33.0 Å². The van der Waals surface area contributed by atoms with Crippen LogP contribution in [0, 0.1) is 0 Å². The second-order valence-corrected chi connectivity index (χ2v) is 9.08. The van der Waals surface area contributed by atoms with Crippen LogP contribution in [-0.4, -0.2) is 13.1 Å². The molecule has 4 heteroatoms. The molecule has 1 atom stereocenters. The van der Waals surface area contributed by atoms with E-state index in [0.717, 1.165) is 44.7 Å². The fraction of sp³-hybridized carbons (Fsp3) is 0.0606. The second-order valence-electron chi connectivity index (χ2n) is 9.08. The monoisotopic (exact) mass is 483 g/mol. The molecule has 0 saturated heterocycles. The number of nitrogens with two attached hydrogens (primary N) is 1. The van der Waals surface area contributed by atoms with Crippen molar-refractivity contribution >= 4 is 11.7 Å². The quantitative estimate of drug-likeness (QED) is 0.206. The average Bonchev–Trinajstić information content (AvgIpc) is 2.96. The predicted molar refractivity (Wildman–Crippen MR) is 147 cm³/mol. The Morgan fingerprint density at radius 3 is 2.00 bits per heavy atom. The van der Waals surface area contributed by atoms with E-state index in [-0.39, 0.29) is 11.9 Å². The summed E-state index contributed by atoms with van der Waals surface area (Å²) < 4.78 is 11.7. The molecule has 5 aromatic rings. The Bertz CT molecular complexity index is 1610. The van der Waals surface area contributed by atoms with Crippen molar-refractivity contribution in [2.75, 3.05) is 12.8 Å². The highest BCUT2D eigenvalue weighted by Gasteiger charge is 2.34. The van der Waals surface area contributed by atoms with Crippen molar-refractivity contribution in [1.82, 2.24) is 0 Å². The largest absolute Gasteiger partial charge is 0.465 e. The second kappa shape index (κ2) is 9.32. The van der Waals surface area contributed by atoms with E-state index in [1.54, 1.807) is 6.07 Å². The maximum Gasteiger partial charge on any atom is 0.338 e. The lowest BCUT2D eigenvalue weighted by molar-refractivity contribution is 0.0599. The van der Waals surface area contributed by atoms with Gasteiger partial charge in [-0.05, 0) is 52.1 Å². The van der Waals surface area contributed by atoms with E-state index in [1.807, 2.05) is 66.7 Å². The van der Waals surface area contributed by atoms with Gasteiger partial charge in [-0.25, -0.2) is 4.79 Å². The fourth-order valence-corrected chi connectivity index (χ4v) is 5.15. The number of rotatable bonds is 4. The number of methoxy groups -OCH3 is 1. The van der Waals surface area contributed by atoms with E-state index in [0.29, 0.717) is 17.0 Å². The number of benzene rings is 5. The molecule has 1 heterocycles. The van der Waals surface area contributed by atoms with Crippen molar-refractivity contribution in [1.29, 1.82) is 0 Å². The standard InChI is InChI=1S/C33H25NO3/c1-36-33(35)26-15-9-8-14-25(26)31-27-17-16-23(21-10-4-2-5-11-21)19-29(27)37-30-20-24(18-28(34)32(30)31)22-12-6-3-7-13-22/h2-20,31H,34H2,1H3. The van der Waals surface area contributed by atoms with Crippen LogP contribution in [0.2, 0.25) is 0 Å². The van der Waals surface area contributed by atoms with Crippen molar-refractivity contribution < 1.29 is 14.3 Å². The van der Waals surface area contributed by atoms with Crippen LogP contribution < -0.4 is 10.5 Å². The maximum atomic E-state index is 12.8. The number of carbonyl (C=O) groups is 1. The molecule has 0 fully saturated rings. The first-order valence-electron chi connectivity index (χ1n) is 12.2. The minimum Gasteiger partial charge on any atom is -0.465 e. The lowest BCUT2D eigenvalue weighted by Gasteiger charge is -2.31. The summed E-state index contributed by atoms with van der Waals surface area (Å²) >= 11 is 0. The molecule has 180 valence electrons. The summed E-state index contributed by atoms with van der Waals surface area (Å²) in [7, 11) is 1.40. The van der Waals surface area contributed by atoms with E-state index in [2.05, 4.69) is 42.5 Å². The predicted octanol–water partition coefficient (Wildman–Crippen LogP) is 7.68. The average molecular weight is 484 g/mol. The van der Waals surface area contributed by atoms with Crippen molar-refractivity contribution in [3.05, 3.63) is 138 Å². The molecule has 1 unspecified atom stereocenters. The van der Waals surface area contributed by atoms with Crippen LogP contribution in [0.15, 0.2) is 115 Å². The van der Waals surface area contributed by atoms with Gasteiger partial charge in [0.25, 0.3) is 0 Å². The molecule has 0 radical (unpaired) electrons. The molecule has 0 aliphatic carbocycles. The molecule has 6 rings (SSSR count). The third-order valence-corrected chi connectivity index (χ3v) is 6.90. The van der Waals surface area contributed by atoms with Crippen molar-refractivity contribution in [2.45, 2.75) is 5.92 Å². The van der Waals surface area contributed by atoms with E-state index in [9.17, 15) is 4.79 Å². The smallest absolute Gasteiger partial charge is 0.338 e. The molecule has 2 N–H and O–H groups in total. The number of hydrogen-bond acceptors (Lipinski definition) is 4. The zero-order valence-corrected chi connectivity index (χ0v) is 20.3. The van der Waals surface area contributed by atoms with E-state index < -0.39 is 0 Å². The summed E-state index contributed by atoms with van der Waals surface area (Å²) in [5.41, 5.74) is 14.7. The Morgan fingerprint density at radius 1 is 0.676 bits per heavy atom. The third-order valence-electron chi connectivity index (χ3n) is 6.90. The van der Waals surface area contributed by atoms with E-state index in [4.69, 9.17) is 15.2 Å². The highest BCUT2D eigenvalue weighted by atomic mass is 16.5. The van der Waals surface area contributed by atoms with E-state index >= 15 is 0 Å². The molecule has 1 aliphatic rings. The number of ether oxygens (including phenoxy) is 2. The lowest BCUT2D eigenvalue weighted by Crippen LogP contribution is -2.17. The summed E-state index contributed by atoms with van der Waals surface area (Å²) in [6.07, 6.45) is 0. The summed E-state index contributed by atoms with van der Waals surface area (Å²) in [6, 6.07) is 38.1. The molecule has 0 saturated carbocycles. The first kappa shape index (κ1) is 22.6. The van der Waals surface area contributed by atoms with Gasteiger partial charge in [-0.2, -0.15) is 0 Å². The molecule has 0 amide bonds. The Balaban J connectivity index is 1.59. The summed E-state index contributed by atoms with van der Waals surface area (Å²) in [4.78, 5) is 12.8. The van der Waals surface area contributed by atoms with Crippen LogP contribution in [0.3, 0.4) is 0 Å². The van der Waals surface area contributed by atoms with Gasteiger partial charge in [0, 0.05) is 22.7 Å². The van der Waals surface area contributed by atoms with Crippen molar-refractivity contribution in [3.63, 3.8) is 0 Å².